The number of amides is 2. The molecule has 0 radical (unpaired) electrons. The smallest absolute Gasteiger partial charge is 0.269 e. The molecule has 1 atom stereocenters. The molecule has 0 aliphatic carbocycles. The molecule has 2 aromatic rings. The van der Waals surface area contributed by atoms with E-state index in [-0.39, 0.29) is 28.9 Å². The highest BCUT2D eigenvalue weighted by Gasteiger charge is 2.30. The summed E-state index contributed by atoms with van der Waals surface area (Å²) in [7, 11) is 1.58. The molecule has 0 bridgehead atoms. The minimum atomic E-state index is -0.619. The van der Waals surface area contributed by atoms with E-state index in [1.165, 1.54) is 6.20 Å². The molecule has 2 N–H and O–H groups in total. The standard InChI is InChI=1S/C22H27FN6O3/c1-4-17-22(31)27-20-18(32-17)11-25-15(19(20)23)12-28-7-9-29(10-8-28)16-6-5-14(21(30)24-3)26-13(16)2/h5-6,11,17H,4,7-10,12H2,1-3H3,(H,24,30)(H,27,31)/t17-/m0/s1. The Hall–Kier alpha value is -3.27. The van der Waals surface area contributed by atoms with Crippen LogP contribution in [0.2, 0.25) is 0 Å². The maximum Gasteiger partial charge on any atom is 0.269 e. The molecule has 1 saturated heterocycles. The van der Waals surface area contributed by atoms with Crippen LogP contribution in [0.1, 0.15) is 35.2 Å². The van der Waals surface area contributed by atoms with Crippen molar-refractivity contribution in [2.45, 2.75) is 32.9 Å². The fourth-order valence-electron chi connectivity index (χ4n) is 4.01. The number of rotatable bonds is 5. The lowest BCUT2D eigenvalue weighted by molar-refractivity contribution is -0.123. The summed E-state index contributed by atoms with van der Waals surface area (Å²) >= 11 is 0. The van der Waals surface area contributed by atoms with Gasteiger partial charge in [0.1, 0.15) is 11.4 Å². The lowest BCUT2D eigenvalue weighted by Gasteiger charge is -2.36. The van der Waals surface area contributed by atoms with E-state index in [0.29, 0.717) is 18.7 Å². The lowest BCUT2D eigenvalue weighted by Crippen LogP contribution is -2.46. The van der Waals surface area contributed by atoms with Gasteiger partial charge < -0.3 is 20.3 Å². The number of aromatic nitrogens is 2. The zero-order valence-electron chi connectivity index (χ0n) is 18.4. The quantitative estimate of drug-likeness (QED) is 0.727. The average molecular weight is 442 g/mol. The normalized spacial score (nSPS) is 18.6. The van der Waals surface area contributed by atoms with Gasteiger partial charge in [-0.1, -0.05) is 6.92 Å². The van der Waals surface area contributed by atoms with Crippen molar-refractivity contribution in [3.8, 4) is 5.75 Å². The molecule has 0 spiro atoms. The molecule has 2 amide bonds. The Bertz CT molecular complexity index is 1040. The summed E-state index contributed by atoms with van der Waals surface area (Å²) in [5, 5.41) is 5.20. The van der Waals surface area contributed by atoms with E-state index in [0.717, 1.165) is 37.6 Å². The van der Waals surface area contributed by atoms with Crippen molar-refractivity contribution in [2.75, 3.05) is 43.4 Å². The first kappa shape index (κ1) is 21.9. The number of aryl methyl sites for hydroxylation is 1. The summed E-state index contributed by atoms with van der Waals surface area (Å²) in [5.74, 6) is -0.824. The Morgan fingerprint density at radius 3 is 2.72 bits per heavy atom. The number of halogens is 1. The van der Waals surface area contributed by atoms with Crippen molar-refractivity contribution < 1.29 is 18.7 Å². The van der Waals surface area contributed by atoms with Crippen molar-refractivity contribution in [2.24, 2.45) is 0 Å². The third-order valence-electron chi connectivity index (χ3n) is 5.84. The van der Waals surface area contributed by atoms with Gasteiger partial charge >= 0.3 is 0 Å². The van der Waals surface area contributed by atoms with Crippen LogP contribution in [-0.4, -0.2) is 66.0 Å². The summed E-state index contributed by atoms with van der Waals surface area (Å²) in [6, 6.07) is 3.64. The minimum Gasteiger partial charge on any atom is -0.477 e. The largest absolute Gasteiger partial charge is 0.477 e. The first-order valence-electron chi connectivity index (χ1n) is 10.7. The van der Waals surface area contributed by atoms with Gasteiger partial charge in [0.15, 0.2) is 17.7 Å². The third kappa shape index (κ3) is 4.22. The number of hydrogen-bond acceptors (Lipinski definition) is 7. The van der Waals surface area contributed by atoms with Crippen LogP contribution in [0, 0.1) is 12.7 Å². The van der Waals surface area contributed by atoms with Gasteiger partial charge in [-0.15, -0.1) is 0 Å². The van der Waals surface area contributed by atoms with E-state index in [2.05, 4.69) is 30.4 Å². The zero-order chi connectivity index (χ0) is 22.8. The van der Waals surface area contributed by atoms with E-state index in [1.54, 1.807) is 13.1 Å². The number of pyridine rings is 2. The molecule has 0 saturated carbocycles. The summed E-state index contributed by atoms with van der Waals surface area (Å²) in [4.78, 5) is 36.8. The van der Waals surface area contributed by atoms with Gasteiger partial charge in [-0.25, -0.2) is 9.37 Å². The topological polar surface area (TPSA) is 99.7 Å². The Balaban J connectivity index is 1.40. The van der Waals surface area contributed by atoms with Crippen LogP contribution in [0.3, 0.4) is 0 Å². The number of nitrogens with one attached hydrogen (secondary N) is 2. The molecule has 2 aliphatic rings. The molecular weight excluding hydrogens is 415 g/mol. The van der Waals surface area contributed by atoms with E-state index >= 15 is 4.39 Å². The molecule has 9 nitrogen and oxygen atoms in total. The number of nitrogens with zero attached hydrogens (tertiary/aromatic N) is 4. The summed E-state index contributed by atoms with van der Waals surface area (Å²) < 4.78 is 20.6. The molecule has 2 aliphatic heterocycles. The van der Waals surface area contributed by atoms with E-state index in [1.807, 2.05) is 19.9 Å². The van der Waals surface area contributed by atoms with Gasteiger partial charge in [0.05, 0.1) is 23.3 Å². The second kappa shape index (κ2) is 9.07. The summed E-state index contributed by atoms with van der Waals surface area (Å²) in [6.07, 6.45) is 1.36. The Kier molecular flexibility index (Phi) is 6.22. The van der Waals surface area contributed by atoms with Gasteiger partial charge in [-0.3, -0.25) is 19.5 Å². The van der Waals surface area contributed by atoms with Crippen molar-refractivity contribution >= 4 is 23.2 Å². The molecule has 4 rings (SSSR count). The number of anilines is 2. The molecule has 4 heterocycles. The summed E-state index contributed by atoms with van der Waals surface area (Å²) in [6.45, 7) is 6.98. The fraction of sp³-hybridized carbons (Fsp3) is 0.455. The van der Waals surface area contributed by atoms with Gasteiger partial charge in [0, 0.05) is 39.8 Å². The van der Waals surface area contributed by atoms with Crippen molar-refractivity contribution in [3.05, 3.63) is 41.2 Å². The predicted octanol–water partition coefficient (Wildman–Crippen LogP) is 1.72. The molecule has 2 aromatic heterocycles. The monoisotopic (exact) mass is 442 g/mol. The second-order valence-corrected chi connectivity index (χ2v) is 7.91. The number of ether oxygens (including phenoxy) is 1. The van der Waals surface area contributed by atoms with Gasteiger partial charge in [0.25, 0.3) is 11.8 Å². The Morgan fingerprint density at radius 2 is 2.06 bits per heavy atom. The Morgan fingerprint density at radius 1 is 1.31 bits per heavy atom. The zero-order valence-corrected chi connectivity index (χ0v) is 18.4. The van der Waals surface area contributed by atoms with Crippen LogP contribution in [0.25, 0.3) is 0 Å². The molecule has 0 unspecified atom stereocenters. The van der Waals surface area contributed by atoms with E-state index < -0.39 is 11.9 Å². The maximum absolute atomic E-state index is 15.0. The van der Waals surface area contributed by atoms with Crippen LogP contribution >= 0.6 is 0 Å². The molecule has 32 heavy (non-hydrogen) atoms. The van der Waals surface area contributed by atoms with E-state index in [9.17, 15) is 9.59 Å². The number of hydrogen-bond donors (Lipinski definition) is 2. The van der Waals surface area contributed by atoms with Crippen LogP contribution < -0.4 is 20.3 Å². The van der Waals surface area contributed by atoms with E-state index in [4.69, 9.17) is 4.74 Å². The molecule has 170 valence electrons. The van der Waals surface area contributed by atoms with Crippen molar-refractivity contribution in [3.63, 3.8) is 0 Å². The van der Waals surface area contributed by atoms with Gasteiger partial charge in [-0.2, -0.15) is 0 Å². The summed E-state index contributed by atoms with van der Waals surface area (Å²) in [5.41, 5.74) is 2.52. The molecule has 10 heteroatoms. The molecular formula is C22H27FN6O3. The highest BCUT2D eigenvalue weighted by atomic mass is 19.1. The SMILES string of the molecule is CC[C@@H]1Oc2cnc(CN3CCN(c4ccc(C(=O)NC)nc4C)CC3)c(F)c2NC1=O. The fourth-order valence-corrected chi connectivity index (χ4v) is 4.01. The first-order chi connectivity index (χ1) is 15.4. The number of carbonyl (C=O) groups excluding carboxylic acids is 2. The highest BCUT2D eigenvalue weighted by molar-refractivity contribution is 5.97. The minimum absolute atomic E-state index is 0.0706. The third-order valence-corrected chi connectivity index (χ3v) is 5.84. The molecule has 0 aromatic carbocycles. The second-order valence-electron chi connectivity index (χ2n) is 7.91. The molecule has 1 fully saturated rings. The van der Waals surface area contributed by atoms with Gasteiger partial charge in [0.2, 0.25) is 0 Å². The van der Waals surface area contributed by atoms with Crippen LogP contribution in [0.15, 0.2) is 18.3 Å². The van der Waals surface area contributed by atoms with Crippen LogP contribution in [-0.2, 0) is 11.3 Å². The lowest BCUT2D eigenvalue weighted by atomic mass is 10.1. The number of carbonyl (C=O) groups is 2. The number of piperazine rings is 1. The highest BCUT2D eigenvalue weighted by Crippen LogP contribution is 2.33. The van der Waals surface area contributed by atoms with Crippen molar-refractivity contribution in [1.82, 2.24) is 20.2 Å². The number of fused-ring (bicyclic) bond motifs is 1. The van der Waals surface area contributed by atoms with Crippen molar-refractivity contribution in [1.29, 1.82) is 0 Å². The van der Waals surface area contributed by atoms with Gasteiger partial charge in [-0.05, 0) is 25.5 Å². The maximum atomic E-state index is 15.0. The predicted molar refractivity (Wildman–Crippen MR) is 117 cm³/mol. The first-order valence-corrected chi connectivity index (χ1v) is 10.7. The van der Waals surface area contributed by atoms with Crippen LogP contribution in [0.4, 0.5) is 15.8 Å². The average Bonchev–Trinajstić information content (AvgIpc) is 2.81. The Labute approximate surface area is 186 Å². The van der Waals surface area contributed by atoms with Crippen LogP contribution in [0.5, 0.6) is 5.75 Å².